The van der Waals surface area contributed by atoms with Crippen LogP contribution in [0.15, 0.2) is 0 Å². The van der Waals surface area contributed by atoms with Gasteiger partial charge in [-0.25, -0.2) is 4.79 Å². The monoisotopic (exact) mass is 284 g/mol. The summed E-state index contributed by atoms with van der Waals surface area (Å²) >= 11 is 0. The fourth-order valence-corrected chi connectivity index (χ4v) is 2.90. The second kappa shape index (κ2) is 6.12. The van der Waals surface area contributed by atoms with Crippen molar-refractivity contribution in [3.05, 3.63) is 0 Å². The van der Waals surface area contributed by atoms with E-state index in [9.17, 15) is 14.7 Å². The number of piperidine rings is 1. The summed E-state index contributed by atoms with van der Waals surface area (Å²) in [5.41, 5.74) is -1.72. The molecule has 0 aromatic carbocycles. The molecule has 0 bridgehead atoms. The van der Waals surface area contributed by atoms with E-state index in [1.54, 1.807) is 13.8 Å². The maximum atomic E-state index is 12.9. The van der Waals surface area contributed by atoms with Crippen LogP contribution >= 0.6 is 0 Å². The molecule has 2 N–H and O–H groups in total. The average molecular weight is 284 g/mol. The van der Waals surface area contributed by atoms with Crippen LogP contribution in [-0.2, 0) is 9.59 Å². The number of nitrogens with zero attached hydrogens (tertiary/aromatic N) is 1. The molecule has 1 fully saturated rings. The third-order valence-corrected chi connectivity index (χ3v) is 4.63. The molecule has 1 heterocycles. The van der Waals surface area contributed by atoms with E-state index in [1.807, 2.05) is 20.8 Å². The second-order valence-electron chi connectivity index (χ2n) is 6.68. The Morgan fingerprint density at radius 1 is 1.30 bits per heavy atom. The molecule has 1 amide bonds. The van der Waals surface area contributed by atoms with Gasteiger partial charge in [-0.3, -0.25) is 4.79 Å². The van der Waals surface area contributed by atoms with Crippen molar-refractivity contribution >= 4 is 11.9 Å². The van der Waals surface area contributed by atoms with Gasteiger partial charge in [0.25, 0.3) is 0 Å². The van der Waals surface area contributed by atoms with E-state index < -0.39 is 16.9 Å². The Morgan fingerprint density at radius 2 is 1.90 bits per heavy atom. The predicted octanol–water partition coefficient (Wildman–Crippen LogP) is 1.72. The van der Waals surface area contributed by atoms with Gasteiger partial charge in [-0.1, -0.05) is 13.8 Å². The van der Waals surface area contributed by atoms with E-state index in [0.717, 1.165) is 25.9 Å². The zero-order valence-corrected chi connectivity index (χ0v) is 13.3. The van der Waals surface area contributed by atoms with Gasteiger partial charge >= 0.3 is 5.97 Å². The molecule has 0 aromatic rings. The summed E-state index contributed by atoms with van der Waals surface area (Å²) in [4.78, 5) is 25.8. The average Bonchev–Trinajstić information content (AvgIpc) is 2.39. The number of amides is 1. The maximum Gasteiger partial charge on any atom is 0.329 e. The number of carboxylic acids is 1. The van der Waals surface area contributed by atoms with E-state index >= 15 is 0 Å². The van der Waals surface area contributed by atoms with E-state index in [2.05, 4.69) is 5.32 Å². The Morgan fingerprint density at radius 3 is 2.30 bits per heavy atom. The molecule has 0 radical (unpaired) electrons. The van der Waals surface area contributed by atoms with Crippen molar-refractivity contribution in [2.75, 3.05) is 19.6 Å². The van der Waals surface area contributed by atoms with Crippen molar-refractivity contribution in [2.24, 2.45) is 11.3 Å². The number of carboxylic acid groups (broad SMARTS) is 1. The molecule has 0 spiro atoms. The third-order valence-electron chi connectivity index (χ3n) is 4.63. The lowest BCUT2D eigenvalue weighted by molar-refractivity contribution is -0.162. The molecule has 5 heteroatoms. The lowest BCUT2D eigenvalue weighted by Gasteiger charge is -2.43. The highest BCUT2D eigenvalue weighted by molar-refractivity contribution is 5.89. The van der Waals surface area contributed by atoms with Crippen LogP contribution < -0.4 is 5.32 Å². The van der Waals surface area contributed by atoms with Gasteiger partial charge in [-0.15, -0.1) is 0 Å². The van der Waals surface area contributed by atoms with Gasteiger partial charge in [-0.05, 0) is 52.6 Å². The van der Waals surface area contributed by atoms with E-state index in [-0.39, 0.29) is 11.8 Å². The zero-order chi connectivity index (χ0) is 15.6. The molecule has 1 saturated heterocycles. The first-order valence-corrected chi connectivity index (χ1v) is 7.41. The van der Waals surface area contributed by atoms with Crippen LogP contribution in [0.3, 0.4) is 0 Å². The van der Waals surface area contributed by atoms with Crippen LogP contribution in [0.25, 0.3) is 0 Å². The molecular formula is C15H28N2O3. The van der Waals surface area contributed by atoms with E-state index in [1.165, 1.54) is 4.90 Å². The number of likely N-dealkylation sites (N-methyl/N-ethyl adjacent to an activating group) is 1. The Hall–Kier alpha value is -1.10. The molecule has 5 nitrogen and oxygen atoms in total. The summed E-state index contributed by atoms with van der Waals surface area (Å²) in [6, 6.07) is 0. The van der Waals surface area contributed by atoms with Crippen molar-refractivity contribution in [1.29, 1.82) is 0 Å². The largest absolute Gasteiger partial charge is 0.480 e. The number of carbonyl (C=O) groups is 2. The molecule has 1 aliphatic rings. The molecule has 116 valence electrons. The van der Waals surface area contributed by atoms with Crippen LogP contribution in [0.2, 0.25) is 0 Å². The van der Waals surface area contributed by atoms with Gasteiger partial charge in [-0.2, -0.15) is 0 Å². The van der Waals surface area contributed by atoms with Crippen LogP contribution in [-0.4, -0.2) is 47.1 Å². The Labute approximate surface area is 121 Å². The summed E-state index contributed by atoms with van der Waals surface area (Å²) in [5.74, 6) is -0.784. The minimum atomic E-state index is -1.18. The van der Waals surface area contributed by atoms with Crippen LogP contribution in [0.1, 0.15) is 47.5 Å². The standard InChI is InChI=1S/C15H28N2O3/c1-6-17(15(4,5)13(19)20)12(18)14(2,3)11-8-7-9-16-10-11/h11,16H,6-10H2,1-5H3,(H,19,20). The van der Waals surface area contributed by atoms with Gasteiger partial charge in [0, 0.05) is 12.0 Å². The highest BCUT2D eigenvalue weighted by Gasteiger charge is 2.45. The topological polar surface area (TPSA) is 69.6 Å². The van der Waals surface area contributed by atoms with Crippen molar-refractivity contribution in [1.82, 2.24) is 10.2 Å². The number of rotatable bonds is 5. The lowest BCUT2D eigenvalue weighted by atomic mass is 9.73. The summed E-state index contributed by atoms with van der Waals surface area (Å²) in [6.07, 6.45) is 2.08. The third kappa shape index (κ3) is 3.14. The van der Waals surface area contributed by atoms with Crippen molar-refractivity contribution in [3.63, 3.8) is 0 Å². The summed E-state index contributed by atoms with van der Waals surface area (Å²) in [6.45, 7) is 11.1. The minimum absolute atomic E-state index is 0.0684. The van der Waals surface area contributed by atoms with Crippen LogP contribution in [0, 0.1) is 11.3 Å². The summed E-state index contributed by atoms with van der Waals surface area (Å²) in [7, 11) is 0. The number of carbonyl (C=O) groups excluding carboxylic acids is 1. The number of nitrogens with one attached hydrogen (secondary N) is 1. The highest BCUT2D eigenvalue weighted by atomic mass is 16.4. The van der Waals surface area contributed by atoms with Crippen molar-refractivity contribution in [3.8, 4) is 0 Å². The van der Waals surface area contributed by atoms with E-state index in [0.29, 0.717) is 6.54 Å². The van der Waals surface area contributed by atoms with E-state index in [4.69, 9.17) is 0 Å². The van der Waals surface area contributed by atoms with Gasteiger partial charge in [0.05, 0.1) is 0 Å². The SMILES string of the molecule is CCN(C(=O)C(C)(C)C1CCCNC1)C(C)(C)C(=O)O. The molecule has 1 atom stereocenters. The Balaban J connectivity index is 2.97. The smallest absolute Gasteiger partial charge is 0.329 e. The van der Waals surface area contributed by atoms with Gasteiger partial charge in [0.15, 0.2) is 0 Å². The van der Waals surface area contributed by atoms with Gasteiger partial charge in [0.2, 0.25) is 5.91 Å². The normalized spacial score (nSPS) is 20.6. The molecule has 1 aliphatic heterocycles. The van der Waals surface area contributed by atoms with Crippen LogP contribution in [0.5, 0.6) is 0 Å². The second-order valence-corrected chi connectivity index (χ2v) is 6.68. The summed E-state index contributed by atoms with van der Waals surface area (Å²) in [5, 5.41) is 12.7. The molecule has 1 unspecified atom stereocenters. The molecule has 0 saturated carbocycles. The van der Waals surface area contributed by atoms with Gasteiger partial charge in [0.1, 0.15) is 5.54 Å². The summed E-state index contributed by atoms with van der Waals surface area (Å²) < 4.78 is 0. The number of hydrogen-bond acceptors (Lipinski definition) is 3. The number of aliphatic carboxylic acids is 1. The molecule has 0 aromatic heterocycles. The molecule has 0 aliphatic carbocycles. The minimum Gasteiger partial charge on any atom is -0.480 e. The molecular weight excluding hydrogens is 256 g/mol. The molecule has 20 heavy (non-hydrogen) atoms. The molecule has 1 rings (SSSR count). The fraction of sp³-hybridized carbons (Fsp3) is 0.867. The predicted molar refractivity (Wildman–Crippen MR) is 78.5 cm³/mol. The van der Waals surface area contributed by atoms with Crippen molar-refractivity contribution < 1.29 is 14.7 Å². The highest BCUT2D eigenvalue weighted by Crippen LogP contribution is 2.35. The van der Waals surface area contributed by atoms with Crippen LogP contribution in [0.4, 0.5) is 0 Å². The van der Waals surface area contributed by atoms with Crippen molar-refractivity contribution in [2.45, 2.75) is 53.0 Å². The maximum absolute atomic E-state index is 12.9. The first-order chi connectivity index (χ1) is 9.15. The zero-order valence-electron chi connectivity index (χ0n) is 13.3. The quantitative estimate of drug-likeness (QED) is 0.806. The Kier molecular flexibility index (Phi) is 5.19. The van der Waals surface area contributed by atoms with Gasteiger partial charge < -0.3 is 15.3 Å². The Bertz CT molecular complexity index is 371. The first-order valence-electron chi connectivity index (χ1n) is 7.41. The lowest BCUT2D eigenvalue weighted by Crippen LogP contribution is -2.58. The fourth-order valence-electron chi connectivity index (χ4n) is 2.90. The first kappa shape index (κ1) is 17.0. The number of hydrogen-bond donors (Lipinski definition) is 2.